The Kier molecular flexibility index (Phi) is 4.57. The van der Waals surface area contributed by atoms with E-state index in [0.29, 0.717) is 18.4 Å². The molecule has 1 saturated carbocycles. The molecule has 2 rings (SSSR count). The van der Waals surface area contributed by atoms with Gasteiger partial charge >= 0.3 is 0 Å². The summed E-state index contributed by atoms with van der Waals surface area (Å²) in [5, 5.41) is 8.86. The van der Waals surface area contributed by atoms with Crippen molar-refractivity contribution in [1.82, 2.24) is 0 Å². The zero-order valence-corrected chi connectivity index (χ0v) is 10.3. The summed E-state index contributed by atoms with van der Waals surface area (Å²) in [5.41, 5.74) is 0. The number of aliphatic hydroxyl groups excluding tert-OH is 1. The Morgan fingerprint density at radius 2 is 2.24 bits per heavy atom. The minimum Gasteiger partial charge on any atom is -0.394 e. The third-order valence-corrected chi connectivity index (χ3v) is 3.57. The molecule has 0 spiro atoms. The van der Waals surface area contributed by atoms with Crippen molar-refractivity contribution in [1.29, 1.82) is 0 Å². The van der Waals surface area contributed by atoms with E-state index in [2.05, 4.69) is 30.9 Å². The van der Waals surface area contributed by atoms with E-state index in [-0.39, 0.29) is 12.7 Å². The van der Waals surface area contributed by atoms with Crippen LogP contribution in [-0.4, -0.2) is 24.4 Å². The lowest BCUT2D eigenvalue weighted by atomic mass is 9.91. The predicted octanol–water partition coefficient (Wildman–Crippen LogP) is 2.71. The monoisotopic (exact) mass is 234 g/mol. The minimum atomic E-state index is 0.116. The molecule has 2 heteroatoms. The largest absolute Gasteiger partial charge is 0.394 e. The number of hydrogen-bond donors (Lipinski definition) is 1. The molecule has 0 bridgehead atoms. The highest BCUT2D eigenvalue weighted by Crippen LogP contribution is 2.49. The summed E-state index contributed by atoms with van der Waals surface area (Å²) >= 11 is 0. The Bertz CT molecular complexity index is 306. The Morgan fingerprint density at radius 3 is 3.00 bits per heavy atom. The second kappa shape index (κ2) is 6.18. The minimum absolute atomic E-state index is 0.116. The van der Waals surface area contributed by atoms with Gasteiger partial charge < -0.3 is 9.84 Å². The first kappa shape index (κ1) is 12.6. The Balaban J connectivity index is 1.88. The molecule has 0 aliphatic heterocycles. The smallest absolute Gasteiger partial charge is 0.0707 e. The fraction of sp³-hybridized carbons (Fsp3) is 0.600. The SMILES string of the molecule is C=CCC/C=C/C1C=CC2C[C@H]2C1OCCO. The lowest BCUT2D eigenvalue weighted by molar-refractivity contribution is -0.00174. The zero-order valence-electron chi connectivity index (χ0n) is 10.3. The van der Waals surface area contributed by atoms with Gasteiger partial charge in [0.05, 0.1) is 19.3 Å². The van der Waals surface area contributed by atoms with Crippen LogP contribution in [0.4, 0.5) is 0 Å². The van der Waals surface area contributed by atoms with Crippen molar-refractivity contribution in [2.45, 2.75) is 25.4 Å². The molecule has 0 saturated heterocycles. The third-order valence-electron chi connectivity index (χ3n) is 3.57. The fourth-order valence-corrected chi connectivity index (χ4v) is 2.57. The first-order chi connectivity index (χ1) is 8.36. The summed E-state index contributed by atoms with van der Waals surface area (Å²) in [7, 11) is 0. The van der Waals surface area contributed by atoms with Crippen LogP contribution in [0.3, 0.4) is 0 Å². The van der Waals surface area contributed by atoms with E-state index in [4.69, 9.17) is 9.84 Å². The number of fused-ring (bicyclic) bond motifs is 1. The van der Waals surface area contributed by atoms with Gasteiger partial charge in [-0.05, 0) is 31.1 Å². The van der Waals surface area contributed by atoms with Crippen LogP contribution in [0, 0.1) is 17.8 Å². The molecule has 0 aromatic heterocycles. The van der Waals surface area contributed by atoms with Gasteiger partial charge in [-0.1, -0.05) is 30.4 Å². The molecule has 2 aliphatic rings. The standard InChI is InChI=1S/C15H22O2/c1-2-3-4-5-6-12-7-8-13-11-14(13)15(12)17-10-9-16/h2,5-8,12-16H,1,3-4,9-11H2/b6-5+/t12?,13?,14-,15?/m1/s1. The Hall–Kier alpha value is -0.860. The van der Waals surface area contributed by atoms with E-state index in [1.54, 1.807) is 0 Å². The number of rotatable bonds is 7. The lowest BCUT2D eigenvalue weighted by Gasteiger charge is -2.25. The average Bonchev–Trinajstić information content (AvgIpc) is 3.12. The first-order valence-corrected chi connectivity index (χ1v) is 6.55. The summed E-state index contributed by atoms with van der Waals surface area (Å²) in [6.07, 6.45) is 14.6. The van der Waals surface area contributed by atoms with E-state index in [1.165, 1.54) is 6.42 Å². The van der Waals surface area contributed by atoms with Gasteiger partial charge in [-0.2, -0.15) is 0 Å². The maximum absolute atomic E-state index is 8.86. The number of hydrogen-bond acceptors (Lipinski definition) is 2. The summed E-state index contributed by atoms with van der Waals surface area (Å²) in [4.78, 5) is 0. The second-order valence-corrected chi connectivity index (χ2v) is 4.88. The molecular weight excluding hydrogens is 212 g/mol. The van der Waals surface area contributed by atoms with Crippen LogP contribution in [0.1, 0.15) is 19.3 Å². The van der Waals surface area contributed by atoms with E-state index >= 15 is 0 Å². The van der Waals surface area contributed by atoms with Crippen molar-refractivity contribution in [3.8, 4) is 0 Å². The highest BCUT2D eigenvalue weighted by Gasteiger charge is 2.46. The molecule has 0 amide bonds. The molecule has 0 aromatic rings. The van der Waals surface area contributed by atoms with E-state index in [1.807, 2.05) is 6.08 Å². The number of unbranched alkanes of at least 4 members (excludes halogenated alkanes) is 1. The van der Waals surface area contributed by atoms with Crippen molar-refractivity contribution >= 4 is 0 Å². The van der Waals surface area contributed by atoms with Crippen LogP contribution in [0.25, 0.3) is 0 Å². The fourth-order valence-electron chi connectivity index (χ4n) is 2.57. The van der Waals surface area contributed by atoms with Gasteiger partial charge in [0.25, 0.3) is 0 Å². The van der Waals surface area contributed by atoms with Crippen molar-refractivity contribution < 1.29 is 9.84 Å². The number of allylic oxidation sites excluding steroid dienone is 3. The molecule has 0 heterocycles. The molecule has 3 unspecified atom stereocenters. The molecule has 2 aliphatic carbocycles. The first-order valence-electron chi connectivity index (χ1n) is 6.55. The van der Waals surface area contributed by atoms with E-state index in [0.717, 1.165) is 18.8 Å². The van der Waals surface area contributed by atoms with Crippen molar-refractivity contribution in [3.63, 3.8) is 0 Å². The third kappa shape index (κ3) is 3.30. The van der Waals surface area contributed by atoms with Crippen molar-refractivity contribution in [3.05, 3.63) is 37.0 Å². The van der Waals surface area contributed by atoms with Gasteiger partial charge in [0.1, 0.15) is 0 Å². The summed E-state index contributed by atoms with van der Waals surface area (Å²) in [6.45, 7) is 4.29. The molecule has 0 aromatic carbocycles. The number of ether oxygens (including phenoxy) is 1. The van der Waals surface area contributed by atoms with Crippen LogP contribution < -0.4 is 0 Å². The van der Waals surface area contributed by atoms with Crippen LogP contribution >= 0.6 is 0 Å². The van der Waals surface area contributed by atoms with Crippen molar-refractivity contribution in [2.75, 3.05) is 13.2 Å². The van der Waals surface area contributed by atoms with Gasteiger partial charge in [-0.15, -0.1) is 6.58 Å². The zero-order chi connectivity index (χ0) is 12.1. The van der Waals surface area contributed by atoms with Crippen LogP contribution in [0.15, 0.2) is 37.0 Å². The number of aliphatic hydroxyl groups is 1. The van der Waals surface area contributed by atoms with Gasteiger partial charge in [0.2, 0.25) is 0 Å². The quantitative estimate of drug-likeness (QED) is 0.542. The predicted molar refractivity (Wildman–Crippen MR) is 69.6 cm³/mol. The van der Waals surface area contributed by atoms with E-state index in [9.17, 15) is 0 Å². The average molecular weight is 234 g/mol. The molecule has 94 valence electrons. The van der Waals surface area contributed by atoms with Crippen LogP contribution in [-0.2, 0) is 4.74 Å². The van der Waals surface area contributed by atoms with Gasteiger partial charge in [-0.3, -0.25) is 0 Å². The Morgan fingerprint density at radius 1 is 1.35 bits per heavy atom. The normalized spacial score (nSPS) is 34.9. The molecule has 2 nitrogen and oxygen atoms in total. The highest BCUT2D eigenvalue weighted by atomic mass is 16.5. The topological polar surface area (TPSA) is 29.5 Å². The molecular formula is C15H22O2. The van der Waals surface area contributed by atoms with Gasteiger partial charge in [-0.25, -0.2) is 0 Å². The summed E-state index contributed by atoms with van der Waals surface area (Å²) < 4.78 is 5.78. The molecule has 1 N–H and O–H groups in total. The second-order valence-electron chi connectivity index (χ2n) is 4.88. The highest BCUT2D eigenvalue weighted by molar-refractivity contribution is 5.18. The van der Waals surface area contributed by atoms with Crippen LogP contribution in [0.2, 0.25) is 0 Å². The van der Waals surface area contributed by atoms with Crippen LogP contribution in [0.5, 0.6) is 0 Å². The molecule has 17 heavy (non-hydrogen) atoms. The maximum Gasteiger partial charge on any atom is 0.0707 e. The van der Waals surface area contributed by atoms with Crippen molar-refractivity contribution in [2.24, 2.45) is 17.8 Å². The summed E-state index contributed by atoms with van der Waals surface area (Å²) in [6, 6.07) is 0. The molecule has 0 radical (unpaired) electrons. The molecule has 4 atom stereocenters. The Labute approximate surface area is 104 Å². The maximum atomic E-state index is 8.86. The molecule has 1 fully saturated rings. The van der Waals surface area contributed by atoms with Gasteiger partial charge in [0.15, 0.2) is 0 Å². The van der Waals surface area contributed by atoms with Gasteiger partial charge in [0, 0.05) is 5.92 Å². The summed E-state index contributed by atoms with van der Waals surface area (Å²) in [5.74, 6) is 1.80. The van der Waals surface area contributed by atoms with E-state index < -0.39 is 0 Å². The lowest BCUT2D eigenvalue weighted by Crippen LogP contribution is -2.27.